The molecule has 1 radical (unpaired) electrons. The summed E-state index contributed by atoms with van der Waals surface area (Å²) in [5.41, 5.74) is 0.745. The molecule has 0 saturated carbocycles. The number of carbonyl (C=O) groups is 1. The summed E-state index contributed by atoms with van der Waals surface area (Å²) in [5.74, 6) is 1.40. The molecule has 16 nitrogen and oxygen atoms in total. The van der Waals surface area contributed by atoms with E-state index in [1.165, 1.54) is 6.34 Å². The van der Waals surface area contributed by atoms with Crippen LogP contribution in [0.15, 0.2) is 114 Å². The number of amides is 1. The number of quaternary nitrogens is 1. The van der Waals surface area contributed by atoms with Gasteiger partial charge in [-0.2, -0.15) is 9.88 Å². The third kappa shape index (κ3) is 11.5. The van der Waals surface area contributed by atoms with Crippen LogP contribution in [0.5, 0.6) is 17.2 Å². The number of fused-ring (bicyclic) bond motifs is 1. The van der Waals surface area contributed by atoms with Crippen LogP contribution in [-0.4, -0.2) is 107 Å². The second kappa shape index (κ2) is 22.5. The molecule has 2 N–H and O–H groups in total. The fourth-order valence-corrected chi connectivity index (χ4v) is 11.6. The van der Waals surface area contributed by atoms with Crippen LogP contribution in [-0.2, 0) is 45.7 Å². The molecule has 373 valence electrons. The Kier molecular flexibility index (Phi) is 16.9. The molecule has 2 aliphatic rings. The fourth-order valence-electron chi connectivity index (χ4n) is 8.29. The van der Waals surface area contributed by atoms with Crippen LogP contribution < -0.4 is 35.0 Å². The van der Waals surface area contributed by atoms with Gasteiger partial charge in [0.1, 0.15) is 54.7 Å². The summed E-state index contributed by atoms with van der Waals surface area (Å²) in [4.78, 5) is 40.5. The smallest absolute Gasteiger partial charge is 0.308 e. The Morgan fingerprint density at radius 2 is 1.40 bits per heavy atom. The summed E-state index contributed by atoms with van der Waals surface area (Å²) in [6.45, 7) is 18.7. The first-order valence-electron chi connectivity index (χ1n) is 23.5. The van der Waals surface area contributed by atoms with Crippen molar-refractivity contribution in [2.75, 3.05) is 57.3 Å². The molecule has 3 heterocycles. The van der Waals surface area contributed by atoms with Crippen molar-refractivity contribution in [2.24, 2.45) is 0 Å². The summed E-state index contributed by atoms with van der Waals surface area (Å²) in [7, 11) is -1.87. The van der Waals surface area contributed by atoms with Crippen molar-refractivity contribution in [2.45, 2.75) is 89.8 Å². The number of para-hydroxylation sites is 1. The lowest BCUT2D eigenvalue weighted by Crippen LogP contribution is -2.53. The third-order valence-electron chi connectivity index (χ3n) is 13.5. The predicted molar refractivity (Wildman–Crippen MR) is 278 cm³/mol. The van der Waals surface area contributed by atoms with E-state index in [1.807, 2.05) is 84.9 Å². The number of hydrogen-bond donors (Lipinski definition) is 2. The molecule has 70 heavy (non-hydrogen) atoms. The maximum absolute atomic E-state index is 13.7. The number of hydrogen-bond acceptors (Lipinski definition) is 14. The van der Waals surface area contributed by atoms with Gasteiger partial charge in [0.05, 0.1) is 20.8 Å². The number of aromatic amines is 1. The van der Waals surface area contributed by atoms with Crippen molar-refractivity contribution < 1.29 is 46.7 Å². The molecular weight excluding hydrogens is 948 g/mol. The van der Waals surface area contributed by atoms with Gasteiger partial charge in [0, 0.05) is 0 Å². The lowest BCUT2D eigenvalue weighted by atomic mass is 9.80. The monoisotopic (exact) mass is 1010 g/mol. The Bertz CT molecular complexity index is 2550. The Hall–Kier alpha value is -5.14. The predicted octanol–water partition coefficient (Wildman–Crippen LogP) is 8.44. The van der Waals surface area contributed by atoms with E-state index in [1.54, 1.807) is 43.4 Å². The van der Waals surface area contributed by atoms with Crippen LogP contribution in [0, 0.1) is 0 Å². The van der Waals surface area contributed by atoms with Crippen LogP contribution in [0.25, 0.3) is 0 Å². The zero-order valence-electron chi connectivity index (χ0n) is 41.6. The number of nitrogens with zero attached hydrogens (tertiary/aromatic N) is 4. The number of carbonyl (C=O) groups excluding carboxylic acids is 1. The van der Waals surface area contributed by atoms with Gasteiger partial charge in [-0.25, -0.2) is 4.52 Å². The first-order chi connectivity index (χ1) is 33.5. The summed E-state index contributed by atoms with van der Waals surface area (Å²) in [6, 6.07) is 34.5. The van der Waals surface area contributed by atoms with Gasteiger partial charge in [-0.3, -0.25) is 19.9 Å². The van der Waals surface area contributed by atoms with Gasteiger partial charge in [-0.05, 0) is 97.0 Å². The lowest BCUT2D eigenvalue weighted by Gasteiger charge is -2.40. The molecule has 1 saturated heterocycles. The molecule has 1 fully saturated rings. The Balaban J connectivity index is 1.33. The number of methoxy groups -OCH3 is 2. The van der Waals surface area contributed by atoms with Crippen molar-refractivity contribution in [3.8, 4) is 17.2 Å². The zero-order chi connectivity index (χ0) is 50.3. The number of benzene rings is 4. The highest BCUT2D eigenvalue weighted by Gasteiger charge is 2.59. The summed E-state index contributed by atoms with van der Waals surface area (Å²) in [5, 5.41) is 2.42. The topological polar surface area (TPSA) is 166 Å². The Morgan fingerprint density at radius 1 is 0.843 bits per heavy atom. The molecule has 2 aliphatic heterocycles. The molecule has 1 aromatic heterocycles. The molecule has 5 aromatic rings. The molecule has 4 aromatic carbocycles. The summed E-state index contributed by atoms with van der Waals surface area (Å²) < 4.78 is 53.0. The highest BCUT2D eigenvalue weighted by Crippen LogP contribution is 2.49. The first-order valence-corrected chi connectivity index (χ1v) is 28.9. The SMILES string of the molecule is CC[N+](CC)(CC)O[PH+]([S-])O[C@H]1[C@@H](O[Si](C)(C)C(C)(C)C)[C@H](N2C=[N+]c3c2nc(NC(=O)COc2ccccc2)[nH]c3=O)O[C@@H]1COC(c1ccccc1)(c1ccc(OC)cc1)c1ccc(OC)cc1. The van der Waals surface area contributed by atoms with E-state index in [0.29, 0.717) is 41.5 Å². The van der Waals surface area contributed by atoms with Crippen LogP contribution in [0.3, 0.4) is 0 Å². The first kappa shape index (κ1) is 52.7. The van der Waals surface area contributed by atoms with E-state index in [4.69, 9.17) is 54.5 Å². The van der Waals surface area contributed by atoms with E-state index < -0.39 is 57.5 Å². The molecule has 1 amide bonds. The molecule has 19 heteroatoms. The average Bonchev–Trinajstić information content (AvgIpc) is 3.93. The third-order valence-corrected chi connectivity index (χ3v) is 19.5. The molecule has 0 spiro atoms. The van der Waals surface area contributed by atoms with Gasteiger partial charge in [0.15, 0.2) is 21.0 Å². The molecule has 5 atom stereocenters. The van der Waals surface area contributed by atoms with E-state index in [9.17, 15) is 9.59 Å². The molecule has 7 rings (SSSR count). The number of aromatic nitrogens is 2. The zero-order valence-corrected chi connectivity index (χ0v) is 44.4. The number of ether oxygens (including phenoxy) is 5. The van der Waals surface area contributed by atoms with Gasteiger partial charge >= 0.3 is 11.2 Å². The van der Waals surface area contributed by atoms with Crippen LogP contribution in [0.4, 0.5) is 17.5 Å². The Morgan fingerprint density at radius 3 is 1.94 bits per heavy atom. The summed E-state index contributed by atoms with van der Waals surface area (Å²) >= 11 is 6.17. The van der Waals surface area contributed by atoms with Crippen molar-refractivity contribution in [1.29, 1.82) is 0 Å². The van der Waals surface area contributed by atoms with Crippen LogP contribution >= 0.6 is 7.58 Å². The molecule has 1 unspecified atom stereocenters. The maximum atomic E-state index is 13.7. The minimum atomic E-state index is -2.68. The van der Waals surface area contributed by atoms with E-state index in [-0.39, 0.29) is 35.7 Å². The molecule has 0 aliphatic carbocycles. The van der Waals surface area contributed by atoms with E-state index in [2.05, 4.69) is 69.9 Å². The van der Waals surface area contributed by atoms with E-state index >= 15 is 0 Å². The standard InChI is InChI=1S/C51H65N6O10PSSi/c1-11-57(12-2,13-3)67-68(69)65-44-41(32-63-51(35-20-16-14-17-21-35,36-24-28-38(60-7)29-25-36)37-26-30-39(61-8)31-27-37)64-48(45(44)66-70(9,10)50(4,5)6)56-34-52-43-46(56)54-49(55-47(43)59)53-42(58)33-62-40-22-18-15-19-23-40/h14-31,34,41,44-45,48,68H,11-13,32-33H2,1-10H3,(H-,53,54,55,58,59)/q+1/p+1/t41-,44-,45-,48-/m1/s1. The number of hydroxylamine groups is 3. The van der Waals surface area contributed by atoms with Crippen molar-refractivity contribution in [3.63, 3.8) is 0 Å². The fraction of sp³-hybridized carbons (Fsp3) is 0.412. The van der Waals surface area contributed by atoms with Gasteiger partial charge in [0.25, 0.3) is 18.1 Å². The van der Waals surface area contributed by atoms with Crippen molar-refractivity contribution >= 4 is 57.8 Å². The second-order valence-corrected chi connectivity index (χ2v) is 25.2. The minimum Gasteiger partial charge on any atom is -0.497 e. The van der Waals surface area contributed by atoms with Gasteiger partial charge in [-0.1, -0.05) is 98.2 Å². The van der Waals surface area contributed by atoms with Crippen molar-refractivity contribution in [3.05, 3.63) is 136 Å². The average molecular weight is 1010 g/mol. The quantitative estimate of drug-likeness (QED) is 0.0170. The highest BCUT2D eigenvalue weighted by molar-refractivity contribution is 8.29. The molecular formula is C51H66N6O10PSSi+2. The number of H-pyrrole nitrogens is 1. The van der Waals surface area contributed by atoms with Crippen molar-refractivity contribution in [1.82, 2.24) is 15.0 Å². The number of rotatable bonds is 22. The maximum Gasteiger partial charge on any atom is 0.308 e. The van der Waals surface area contributed by atoms with Gasteiger partial charge in [-0.15, -0.1) is 4.65 Å². The number of anilines is 2. The second-order valence-electron chi connectivity index (χ2n) is 18.5. The largest absolute Gasteiger partial charge is 0.497 e. The number of nitrogens with one attached hydrogen (secondary N) is 2. The molecule has 0 bridgehead atoms. The normalized spacial score (nSPS) is 18.6. The van der Waals surface area contributed by atoms with Crippen LogP contribution in [0.2, 0.25) is 18.1 Å². The minimum absolute atomic E-state index is 0.0276. The lowest BCUT2D eigenvalue weighted by molar-refractivity contribution is -1.08. The van der Waals surface area contributed by atoms with Crippen LogP contribution in [0.1, 0.15) is 58.2 Å². The van der Waals surface area contributed by atoms with E-state index in [0.717, 1.165) is 16.7 Å². The van der Waals surface area contributed by atoms with Gasteiger partial charge < -0.3 is 40.4 Å². The highest BCUT2D eigenvalue weighted by atomic mass is 32.7. The summed E-state index contributed by atoms with van der Waals surface area (Å²) in [6.07, 6.45) is -2.07. The number of aliphatic imine (C=N–C) groups is 1. The van der Waals surface area contributed by atoms with Gasteiger partial charge in [0.2, 0.25) is 19.8 Å². The Labute approximate surface area is 418 Å².